The van der Waals surface area contributed by atoms with Crippen LogP contribution in [0.5, 0.6) is 0 Å². The van der Waals surface area contributed by atoms with E-state index in [0.29, 0.717) is 6.04 Å². The highest BCUT2D eigenvalue weighted by atomic mass is 15.0. The Labute approximate surface area is 92.9 Å². The predicted molar refractivity (Wildman–Crippen MR) is 65.7 cm³/mol. The summed E-state index contributed by atoms with van der Waals surface area (Å²) in [6, 6.07) is 10.8. The topological polar surface area (TPSA) is 38.0 Å². The van der Waals surface area contributed by atoms with E-state index in [1.54, 1.807) is 0 Å². The van der Waals surface area contributed by atoms with E-state index in [9.17, 15) is 0 Å². The third-order valence-corrected chi connectivity index (χ3v) is 2.86. The smallest absolute Gasteiger partial charge is 0.0507 e. The molecule has 0 aliphatic rings. The molecule has 0 aliphatic heterocycles. The molecule has 3 N–H and O–H groups in total. The second-order valence-corrected chi connectivity index (χ2v) is 4.47. The summed E-state index contributed by atoms with van der Waals surface area (Å²) >= 11 is 0. The molecule has 0 fully saturated rings. The van der Waals surface area contributed by atoms with Gasteiger partial charge in [-0.1, -0.05) is 37.3 Å². The average Bonchev–Trinajstić information content (AvgIpc) is 2.27. The average molecular weight is 206 g/mol. The van der Waals surface area contributed by atoms with Gasteiger partial charge in [0.15, 0.2) is 0 Å². The number of nitrogens with two attached hydrogens (primary N) is 1. The zero-order valence-corrected chi connectivity index (χ0v) is 9.96. The maximum Gasteiger partial charge on any atom is 0.0507 e. The first-order valence-corrected chi connectivity index (χ1v) is 5.64. The lowest BCUT2D eigenvalue weighted by molar-refractivity contribution is 0.407. The molecule has 0 saturated heterocycles. The SMILES string of the molecule is CCC(C)NCC(C)(N)c1ccccc1. The fourth-order valence-electron chi connectivity index (χ4n) is 1.45. The van der Waals surface area contributed by atoms with Crippen molar-refractivity contribution < 1.29 is 0 Å². The standard InChI is InChI=1S/C13H22N2/c1-4-11(2)15-10-13(3,14)12-8-6-5-7-9-12/h5-9,11,15H,4,10,14H2,1-3H3. The van der Waals surface area contributed by atoms with E-state index >= 15 is 0 Å². The molecule has 2 unspecified atom stereocenters. The van der Waals surface area contributed by atoms with Gasteiger partial charge < -0.3 is 11.1 Å². The van der Waals surface area contributed by atoms with Crippen LogP contribution < -0.4 is 11.1 Å². The number of nitrogens with one attached hydrogen (secondary N) is 1. The fraction of sp³-hybridized carbons (Fsp3) is 0.538. The van der Waals surface area contributed by atoms with Crippen LogP contribution >= 0.6 is 0 Å². The van der Waals surface area contributed by atoms with Crippen molar-refractivity contribution in [2.75, 3.05) is 6.54 Å². The molecule has 1 rings (SSSR count). The molecular weight excluding hydrogens is 184 g/mol. The predicted octanol–water partition coefficient (Wildman–Crippen LogP) is 2.25. The molecule has 2 atom stereocenters. The van der Waals surface area contributed by atoms with E-state index in [-0.39, 0.29) is 5.54 Å². The minimum atomic E-state index is -0.287. The zero-order chi connectivity index (χ0) is 11.3. The molecule has 84 valence electrons. The molecule has 0 amide bonds. The first-order valence-electron chi connectivity index (χ1n) is 5.64. The Morgan fingerprint density at radius 2 is 1.93 bits per heavy atom. The lowest BCUT2D eigenvalue weighted by Gasteiger charge is -2.27. The van der Waals surface area contributed by atoms with Crippen LogP contribution in [-0.4, -0.2) is 12.6 Å². The quantitative estimate of drug-likeness (QED) is 0.775. The van der Waals surface area contributed by atoms with Gasteiger partial charge in [-0.3, -0.25) is 0 Å². The Balaban J connectivity index is 2.59. The van der Waals surface area contributed by atoms with Crippen LogP contribution in [0.25, 0.3) is 0 Å². The van der Waals surface area contributed by atoms with Gasteiger partial charge >= 0.3 is 0 Å². The van der Waals surface area contributed by atoms with E-state index in [4.69, 9.17) is 5.73 Å². The monoisotopic (exact) mass is 206 g/mol. The van der Waals surface area contributed by atoms with Gasteiger partial charge in [-0.2, -0.15) is 0 Å². The minimum Gasteiger partial charge on any atom is -0.321 e. The Kier molecular flexibility index (Phi) is 4.30. The summed E-state index contributed by atoms with van der Waals surface area (Å²) in [6.45, 7) is 7.23. The van der Waals surface area contributed by atoms with Gasteiger partial charge in [0.2, 0.25) is 0 Å². The van der Waals surface area contributed by atoms with Crippen molar-refractivity contribution in [1.82, 2.24) is 5.32 Å². The molecular formula is C13H22N2. The van der Waals surface area contributed by atoms with Crippen molar-refractivity contribution in [3.8, 4) is 0 Å². The van der Waals surface area contributed by atoms with Crippen LogP contribution in [0.3, 0.4) is 0 Å². The largest absolute Gasteiger partial charge is 0.321 e. The van der Waals surface area contributed by atoms with Crippen molar-refractivity contribution in [3.05, 3.63) is 35.9 Å². The second-order valence-electron chi connectivity index (χ2n) is 4.47. The number of hydrogen-bond donors (Lipinski definition) is 2. The van der Waals surface area contributed by atoms with Gasteiger partial charge in [-0.05, 0) is 25.8 Å². The molecule has 2 heteroatoms. The summed E-state index contributed by atoms with van der Waals surface area (Å²) in [5.41, 5.74) is 7.17. The number of benzene rings is 1. The van der Waals surface area contributed by atoms with Gasteiger partial charge in [0.05, 0.1) is 5.54 Å². The molecule has 0 spiro atoms. The van der Waals surface area contributed by atoms with Crippen LogP contribution in [0, 0.1) is 0 Å². The van der Waals surface area contributed by atoms with E-state index in [0.717, 1.165) is 13.0 Å². The van der Waals surface area contributed by atoms with E-state index in [1.807, 2.05) is 18.2 Å². The summed E-state index contributed by atoms with van der Waals surface area (Å²) in [5, 5.41) is 3.45. The summed E-state index contributed by atoms with van der Waals surface area (Å²) < 4.78 is 0. The number of hydrogen-bond acceptors (Lipinski definition) is 2. The Hall–Kier alpha value is -0.860. The van der Waals surface area contributed by atoms with Crippen molar-refractivity contribution in [2.45, 2.75) is 38.8 Å². The Bertz CT molecular complexity index is 280. The van der Waals surface area contributed by atoms with E-state index < -0.39 is 0 Å². The third-order valence-electron chi connectivity index (χ3n) is 2.86. The highest BCUT2D eigenvalue weighted by Crippen LogP contribution is 2.16. The molecule has 0 aromatic heterocycles. The zero-order valence-electron chi connectivity index (χ0n) is 9.96. The van der Waals surface area contributed by atoms with Crippen molar-refractivity contribution >= 4 is 0 Å². The first kappa shape index (κ1) is 12.2. The lowest BCUT2D eigenvalue weighted by atomic mass is 9.93. The van der Waals surface area contributed by atoms with Crippen LogP contribution in [0.4, 0.5) is 0 Å². The van der Waals surface area contributed by atoms with Crippen LogP contribution in [0.2, 0.25) is 0 Å². The maximum absolute atomic E-state index is 6.28. The molecule has 0 bridgehead atoms. The molecule has 0 heterocycles. The molecule has 1 aromatic carbocycles. The summed E-state index contributed by atoms with van der Waals surface area (Å²) in [5.74, 6) is 0. The molecule has 0 aliphatic carbocycles. The summed E-state index contributed by atoms with van der Waals surface area (Å²) in [4.78, 5) is 0. The normalized spacial score (nSPS) is 17.1. The second kappa shape index (κ2) is 5.29. The molecule has 2 nitrogen and oxygen atoms in total. The highest BCUT2D eigenvalue weighted by molar-refractivity contribution is 5.23. The molecule has 15 heavy (non-hydrogen) atoms. The van der Waals surface area contributed by atoms with Crippen LogP contribution in [0.1, 0.15) is 32.8 Å². The molecule has 1 aromatic rings. The van der Waals surface area contributed by atoms with Crippen LogP contribution in [-0.2, 0) is 5.54 Å². The van der Waals surface area contributed by atoms with Gasteiger partial charge in [-0.25, -0.2) is 0 Å². The Morgan fingerprint density at radius 1 is 1.33 bits per heavy atom. The lowest BCUT2D eigenvalue weighted by Crippen LogP contribution is -2.45. The van der Waals surface area contributed by atoms with E-state index in [2.05, 4.69) is 38.2 Å². The van der Waals surface area contributed by atoms with E-state index in [1.165, 1.54) is 5.56 Å². The van der Waals surface area contributed by atoms with Crippen molar-refractivity contribution in [1.29, 1.82) is 0 Å². The first-order chi connectivity index (χ1) is 7.06. The fourth-order valence-corrected chi connectivity index (χ4v) is 1.45. The van der Waals surface area contributed by atoms with Crippen LogP contribution in [0.15, 0.2) is 30.3 Å². The van der Waals surface area contributed by atoms with Gasteiger partial charge in [0, 0.05) is 12.6 Å². The third kappa shape index (κ3) is 3.65. The number of rotatable bonds is 5. The highest BCUT2D eigenvalue weighted by Gasteiger charge is 2.20. The van der Waals surface area contributed by atoms with Gasteiger partial charge in [0.25, 0.3) is 0 Å². The van der Waals surface area contributed by atoms with Crippen molar-refractivity contribution in [2.24, 2.45) is 5.73 Å². The summed E-state index contributed by atoms with van der Waals surface area (Å²) in [6.07, 6.45) is 1.13. The van der Waals surface area contributed by atoms with Crippen molar-refractivity contribution in [3.63, 3.8) is 0 Å². The van der Waals surface area contributed by atoms with Gasteiger partial charge in [0.1, 0.15) is 0 Å². The molecule has 0 radical (unpaired) electrons. The Morgan fingerprint density at radius 3 is 2.47 bits per heavy atom. The summed E-state index contributed by atoms with van der Waals surface area (Å²) in [7, 11) is 0. The van der Waals surface area contributed by atoms with Gasteiger partial charge in [-0.15, -0.1) is 0 Å². The maximum atomic E-state index is 6.28. The molecule has 0 saturated carbocycles. The minimum absolute atomic E-state index is 0.287.